The zero-order chi connectivity index (χ0) is 2.71. The average Bonchev–Trinajstić information content (AvgIpc) is 0.918. The first kappa shape index (κ1) is 652. The Kier molecular flexibility index (Phi) is 5100. The summed E-state index contributed by atoms with van der Waals surface area (Å²) >= 11 is 3.60. The van der Waals surface area contributed by atoms with E-state index in [1.165, 1.54) is 0 Å². The van der Waals surface area contributed by atoms with E-state index in [-0.39, 0.29) is 2380 Å². The van der Waals surface area contributed by atoms with Crippen molar-refractivity contribution in [2.45, 2.75) is 44.6 Å². The molecule has 0 aliphatic carbocycles. The summed E-state index contributed by atoms with van der Waals surface area (Å²) in [5.74, 6) is 0. The number of hydrogen-bond acceptors (Lipinski definition) is 1. The van der Waals surface area contributed by atoms with E-state index in [0.29, 0.717) is 0 Å². The van der Waals surface area contributed by atoms with E-state index in [1.54, 1.807) is 0 Å². The minimum absolute atomic E-state index is 0. The fourth-order valence-corrected chi connectivity index (χ4v) is 0. The minimum Gasteiger partial charge on any atom is -0.203 e. The monoisotopic (exact) mass is 18000 g/mol. The maximum Gasteiger partial charge on any atom is 0.149 e. The van der Waals surface area contributed by atoms with E-state index in [1.807, 2.05) is 0 Å². The molecule has 0 spiro atoms. The largest absolute Gasteiger partial charge is 0.203 e. The zero-order valence-corrected chi connectivity index (χ0v) is 352. The molecular weight excluding hydrogens is 18000 g/mol. The molecule has 0 aromatic carbocycles. The van der Waals surface area contributed by atoms with Crippen molar-refractivity contribution in [1.29, 1.82) is 0 Å². The summed E-state index contributed by atoms with van der Waals surface area (Å²) in [5.41, 5.74) is 0.0833. The van der Waals surface area contributed by atoms with Crippen molar-refractivity contribution in [3.63, 3.8) is 0 Å². The molecule has 84 heavy (non-hydrogen) atoms. The molecule has 366 valence electrons. The van der Waals surface area contributed by atoms with Crippen LogP contribution in [0.4, 0.5) is 4.39 Å². The van der Waals surface area contributed by atoms with E-state index in [2.05, 4.69) is 12.2 Å². The molecule has 0 N–H and O–H groups in total. The second kappa shape index (κ2) is 656. The van der Waals surface area contributed by atoms with Gasteiger partial charge in [0.1, 0.15) is 5.62 Å². The molecule has 0 radical (unpaired) electrons. The number of hydrogen-bond donors (Lipinski definition) is 0. The van der Waals surface area contributed by atoms with Crippen LogP contribution in [0.25, 0.3) is 0 Å². The molecule has 0 heterocycles. The Morgan fingerprint density at radius 3 is 0.0952 bits per heavy atom. The molecule has 0 bridgehead atoms. The molecule has 0 nitrogen and oxygen atoms in total. The molecule has 0 rings (SSSR count). The van der Waals surface area contributed by atoms with Crippen molar-refractivity contribution >= 4 is 17.8 Å². The molecule has 0 aromatic heterocycles. The van der Waals surface area contributed by atoms with Gasteiger partial charge in [-0.25, -0.2) is 4.39 Å². The van der Waals surface area contributed by atoms with Crippen LogP contribution in [0.1, 0.15) is 44.6 Å². The maximum absolute atomic E-state index is 9.98. The van der Waals surface area contributed by atoms with Gasteiger partial charge in [-0.2, -0.15) is 0 Å². The minimum atomic E-state index is 0. The summed E-state index contributed by atoms with van der Waals surface area (Å²) in [4.78, 5) is 0. The summed E-state index contributed by atoms with van der Waals surface area (Å²) in [7, 11) is 0. The van der Waals surface area contributed by atoms with Crippen LogP contribution in [0.2, 0.25) is 0 Å². The summed E-state index contributed by atoms with van der Waals surface area (Å²) in [6.07, 6.45) is 0. The van der Waals surface area contributed by atoms with Gasteiger partial charge in [-0.05, 0) is 0 Å². The summed E-state index contributed by atoms with van der Waals surface area (Å²) < 4.78 is 9.98. The first-order valence-corrected chi connectivity index (χ1v) is 0.925. The molecule has 0 atom stereocenters. The average molecular weight is 18000 g/mol. The van der Waals surface area contributed by atoms with Gasteiger partial charge in [-0.1, -0.05) is 56.8 Å². The predicted octanol–water partition coefficient (Wildman–Crippen LogP) is 4.73. The fraction of sp³-hybridized carbons (Fsp3) is 0.857. The third kappa shape index (κ3) is 661. The Labute approximate surface area is 2310 Å². The first-order chi connectivity index (χ1) is 1.41. The standard InChI is InChI=1S/CHFS.6CH4.75U/c2-1-3;;;;;;;;;;;;;;;;;;;;;;;;;;;;;;;;;;;;;;;;;;;;;;;;;;;;;;;;;;;;;;;;;;;;;;;;;;;;;;;;;/h1H;6*1H4;;;;;;;;;;;;;;;;;;;;;;;;;;;;;;;;;;;;;;;;;;;;;;;;;;;;;;;;;;;;;;;;;;;;;;;;;;;. The van der Waals surface area contributed by atoms with Crippen LogP contribution >= 0.6 is 12.2 Å². The van der Waals surface area contributed by atoms with Crippen LogP contribution in [0.15, 0.2) is 0 Å². The number of halogens is 1. The Bertz CT molecular complexity index is 57.7. The van der Waals surface area contributed by atoms with Gasteiger partial charge in [0, 0.05) is 2330 Å². The molecule has 0 saturated heterocycles. The van der Waals surface area contributed by atoms with Crippen LogP contribution in [-0.4, -0.2) is 5.62 Å². The van der Waals surface area contributed by atoms with E-state index >= 15 is 0 Å². The second-order valence-electron chi connectivity index (χ2n) is 0.0891. The van der Waals surface area contributed by atoms with Crippen molar-refractivity contribution in [2.24, 2.45) is 0 Å². The van der Waals surface area contributed by atoms with Gasteiger partial charge in [0.05, 0.1) is 0 Å². The van der Waals surface area contributed by atoms with Crippen LogP contribution in [0.5, 0.6) is 0 Å². The third-order valence-electron chi connectivity index (χ3n) is 0. The molecule has 0 fully saturated rings. The second-order valence-corrected chi connectivity index (χ2v) is 0.267. The molecule has 77 heteroatoms. The Morgan fingerprint density at radius 2 is 0.0952 bits per heavy atom. The van der Waals surface area contributed by atoms with Gasteiger partial charge in [0.25, 0.3) is 0 Å². The predicted molar refractivity (Wildman–Crippen MR) is 55.1 cm³/mol. The molecule has 0 aliphatic heterocycles. The Morgan fingerprint density at radius 1 is 0.0952 bits per heavy atom. The van der Waals surface area contributed by atoms with Gasteiger partial charge < -0.3 is 0 Å². The van der Waals surface area contributed by atoms with E-state index in [0.717, 1.165) is 0 Å². The first-order valence-electron chi connectivity index (χ1n) is 0.454. The molecule has 0 aliphatic rings. The third-order valence-corrected chi connectivity index (χ3v) is 0. The van der Waals surface area contributed by atoms with E-state index < -0.39 is 0 Å². The van der Waals surface area contributed by atoms with Crippen molar-refractivity contribution in [2.75, 3.05) is 0 Å². The van der Waals surface area contributed by atoms with Crippen molar-refractivity contribution in [1.82, 2.24) is 0 Å². The number of thiocarbonyl (C=S) groups is 1. The van der Waals surface area contributed by atoms with Crippen LogP contribution < -0.4 is 0 Å². The van der Waals surface area contributed by atoms with Crippen molar-refractivity contribution in [3.05, 3.63) is 0 Å². The number of rotatable bonds is 0. The quantitative estimate of drug-likeness (QED) is 0.250. The molecule has 0 aromatic rings. The maximum atomic E-state index is 9.98. The summed E-state index contributed by atoms with van der Waals surface area (Å²) in [6.45, 7) is 0. The normalized spacial score (nSPS) is 0.155. The fourth-order valence-electron chi connectivity index (χ4n) is 0. The van der Waals surface area contributed by atoms with Crippen molar-refractivity contribution < 1.29 is 2340 Å². The molecule has 0 amide bonds. The van der Waals surface area contributed by atoms with Crippen LogP contribution in [-0.2, 0) is 0 Å². The zero-order valence-electron chi connectivity index (χ0n) is 38.9. The SMILES string of the molecule is C.C.C.C.C.C.FC=S.[U].[U].[U].[U].[U].[U].[U].[U].[U].[U].[U].[U].[U].[U].[U].[U].[U].[U].[U].[U].[U].[U].[U].[U].[U].[U].[U].[U].[U].[U].[U].[U].[U].[U].[U].[U].[U].[U].[U].[U].[U].[U].[U].[U].[U].[U].[U].[U].[U].[U].[U].[U].[U].[U].[U].[U].[U].[U].[U].[U].[U].[U].[U].[U].[U].[U].[U].[U].[U].[U].[U].[U].[U].[U].[U]. The van der Waals surface area contributed by atoms with Crippen molar-refractivity contribution in [3.8, 4) is 0 Å². The molecule has 0 saturated carbocycles. The van der Waals surface area contributed by atoms with Gasteiger partial charge in [0.15, 0.2) is 0 Å². The molecule has 0 unspecified atom stereocenters. The van der Waals surface area contributed by atoms with Gasteiger partial charge >= 0.3 is 0 Å². The van der Waals surface area contributed by atoms with E-state index in [4.69, 9.17) is 0 Å². The topological polar surface area (TPSA) is 0 Å². The van der Waals surface area contributed by atoms with Gasteiger partial charge in [-0.15, -0.1) is 0 Å². The van der Waals surface area contributed by atoms with Gasteiger partial charge in [-0.3, -0.25) is 0 Å². The van der Waals surface area contributed by atoms with Crippen LogP contribution in [0, 0.1) is 2330 Å². The van der Waals surface area contributed by atoms with Crippen LogP contribution in [0.3, 0.4) is 0 Å². The van der Waals surface area contributed by atoms with E-state index in [9.17, 15) is 4.39 Å². The summed E-state index contributed by atoms with van der Waals surface area (Å²) in [6, 6.07) is 0. The summed E-state index contributed by atoms with van der Waals surface area (Å²) in [5, 5.41) is 0. The molecular formula is C7H25FSU75. The van der Waals surface area contributed by atoms with Gasteiger partial charge in [0.2, 0.25) is 0 Å². The smallest absolute Gasteiger partial charge is 0.149 e. The Hall–Kier alpha value is 78.9. The Balaban J connectivity index is -0.00000000000617.